The highest BCUT2D eigenvalue weighted by Gasteiger charge is 2.49. The van der Waals surface area contributed by atoms with Crippen molar-refractivity contribution in [3.05, 3.63) is 143 Å². The van der Waals surface area contributed by atoms with Crippen molar-refractivity contribution in [1.29, 1.82) is 0 Å². The van der Waals surface area contributed by atoms with Crippen LogP contribution in [0, 0.1) is 52.9 Å². The summed E-state index contributed by atoms with van der Waals surface area (Å²) in [5.74, 6) is -9.14. The molecule has 316 valence electrons. The lowest BCUT2D eigenvalue weighted by Gasteiger charge is -2.54. The molecule has 9 nitrogen and oxygen atoms in total. The number of carbonyl (C=O) groups is 2. The van der Waals surface area contributed by atoms with Crippen LogP contribution >= 0.6 is 0 Å². The van der Waals surface area contributed by atoms with Gasteiger partial charge in [-0.2, -0.15) is 8.78 Å². The minimum Gasteiger partial charge on any atom is -0.744 e. The topological polar surface area (TPSA) is 128 Å². The van der Waals surface area contributed by atoms with Crippen molar-refractivity contribution >= 4 is 22.1 Å². The number of esters is 2. The van der Waals surface area contributed by atoms with Gasteiger partial charge < -0.3 is 23.5 Å². The van der Waals surface area contributed by atoms with Gasteiger partial charge >= 0.3 is 11.9 Å². The minimum absolute atomic E-state index is 0.127. The molecule has 0 unspecified atom stereocenters. The van der Waals surface area contributed by atoms with Crippen LogP contribution in [0.3, 0.4) is 0 Å². The number of ether oxygens (including phenoxy) is 4. The lowest BCUT2D eigenvalue weighted by atomic mass is 9.52. The minimum atomic E-state index is -5.95. The standard InChI is InChI=1S/C47H40F4O9S/c48-41-43(50)46(61(54,55)56)44(51)42(49)45(41)60-40(53)25-58-33-15-11-31(12-16-33)47(37-7-3-1-5-34(37)35-6-2-4-8-38(35)47)30-9-13-32(14-10-30)57-18-17-39(52)59-24-36-28-20-26-19-27(22-28)23-29(36)21-26/h1-16,26-29,36H,17-25H2,(H,54,55,56)/p-1. The Hall–Kier alpha value is -5.73. The summed E-state index contributed by atoms with van der Waals surface area (Å²) in [6, 6.07) is 30.5. The van der Waals surface area contributed by atoms with E-state index < -0.39 is 62.0 Å². The van der Waals surface area contributed by atoms with Crippen molar-refractivity contribution < 1.29 is 59.1 Å². The van der Waals surface area contributed by atoms with Crippen molar-refractivity contribution in [3.63, 3.8) is 0 Å². The van der Waals surface area contributed by atoms with E-state index >= 15 is 0 Å². The Morgan fingerprint density at radius 1 is 0.639 bits per heavy atom. The highest BCUT2D eigenvalue weighted by molar-refractivity contribution is 7.85. The van der Waals surface area contributed by atoms with E-state index in [0.717, 1.165) is 45.2 Å². The van der Waals surface area contributed by atoms with Gasteiger partial charge in [0.25, 0.3) is 0 Å². The maximum Gasteiger partial charge on any atom is 0.349 e. The summed E-state index contributed by atoms with van der Waals surface area (Å²) >= 11 is 0. The first-order chi connectivity index (χ1) is 29.3. The summed E-state index contributed by atoms with van der Waals surface area (Å²) < 4.78 is 112. The molecule has 0 heterocycles. The van der Waals surface area contributed by atoms with Gasteiger partial charge in [-0.3, -0.25) is 4.79 Å². The zero-order valence-corrected chi connectivity index (χ0v) is 33.4. The molecule has 4 bridgehead atoms. The maximum absolute atomic E-state index is 14.4. The number of hydrogen-bond donors (Lipinski definition) is 0. The summed E-state index contributed by atoms with van der Waals surface area (Å²) in [6.45, 7) is -0.306. The Kier molecular flexibility index (Phi) is 10.6. The van der Waals surface area contributed by atoms with Gasteiger partial charge in [0.15, 0.2) is 18.2 Å². The Labute approximate surface area is 349 Å². The first kappa shape index (κ1) is 40.7. The molecule has 5 aliphatic rings. The van der Waals surface area contributed by atoms with Crippen LogP contribution < -0.4 is 14.2 Å². The summed E-state index contributed by atoms with van der Waals surface area (Å²) in [6.07, 6.45) is 6.62. The zero-order valence-electron chi connectivity index (χ0n) is 32.6. The van der Waals surface area contributed by atoms with Gasteiger partial charge in [-0.25, -0.2) is 22.0 Å². The average molecular weight is 856 g/mol. The van der Waals surface area contributed by atoms with Gasteiger partial charge in [-0.05, 0) is 119 Å². The SMILES string of the molecule is O=C(CCOc1ccc(C2(c3ccc(OCC(=O)Oc4c(F)c(F)c(S(=O)(=O)[O-])c(F)c4F)cc3)c3ccccc3-c3ccccc32)cc1)OCC1C2CC3CC(C2)CC1C3. The molecule has 0 saturated heterocycles. The van der Waals surface area contributed by atoms with Crippen LogP contribution in [0.5, 0.6) is 17.2 Å². The highest BCUT2D eigenvalue weighted by Crippen LogP contribution is 2.57. The summed E-state index contributed by atoms with van der Waals surface area (Å²) in [5, 5.41) is 0. The molecule has 10 rings (SSSR count). The smallest absolute Gasteiger partial charge is 0.349 e. The molecule has 4 saturated carbocycles. The quantitative estimate of drug-likeness (QED) is 0.0368. The van der Waals surface area contributed by atoms with E-state index in [-0.39, 0.29) is 24.7 Å². The van der Waals surface area contributed by atoms with Crippen molar-refractivity contribution in [2.45, 2.75) is 48.8 Å². The van der Waals surface area contributed by atoms with Crippen LogP contribution in [0.4, 0.5) is 17.6 Å². The third-order valence-corrected chi connectivity index (χ3v) is 13.8. The summed E-state index contributed by atoms with van der Waals surface area (Å²) in [4.78, 5) is 22.9. The van der Waals surface area contributed by atoms with E-state index in [1.54, 1.807) is 24.3 Å². The molecule has 0 atom stereocenters. The molecule has 5 aromatic carbocycles. The molecule has 0 amide bonds. The van der Waals surface area contributed by atoms with Crippen LogP contribution in [0.2, 0.25) is 0 Å². The van der Waals surface area contributed by atoms with Gasteiger partial charge in [0.2, 0.25) is 17.4 Å². The number of hydrogen-bond acceptors (Lipinski definition) is 9. The normalized spacial score (nSPS) is 21.7. The molecule has 0 spiro atoms. The van der Waals surface area contributed by atoms with Crippen LogP contribution in [0.15, 0.2) is 102 Å². The lowest BCUT2D eigenvalue weighted by Crippen LogP contribution is -2.46. The first-order valence-corrected chi connectivity index (χ1v) is 21.6. The first-order valence-electron chi connectivity index (χ1n) is 20.2. The van der Waals surface area contributed by atoms with Crippen molar-refractivity contribution in [2.75, 3.05) is 19.8 Å². The molecule has 14 heteroatoms. The van der Waals surface area contributed by atoms with E-state index in [2.05, 4.69) is 29.0 Å². The fourth-order valence-electron chi connectivity index (χ4n) is 10.6. The van der Waals surface area contributed by atoms with E-state index in [4.69, 9.17) is 14.2 Å². The summed E-state index contributed by atoms with van der Waals surface area (Å²) in [7, 11) is -5.95. The largest absolute Gasteiger partial charge is 0.744 e. The molecule has 4 fully saturated rings. The molecule has 5 aliphatic carbocycles. The Balaban J connectivity index is 0.899. The molecular weight excluding hydrogens is 817 g/mol. The van der Waals surface area contributed by atoms with Crippen LogP contribution in [-0.2, 0) is 29.9 Å². The highest BCUT2D eigenvalue weighted by atomic mass is 32.2. The number of halogens is 4. The number of rotatable bonds is 13. The predicted molar refractivity (Wildman–Crippen MR) is 211 cm³/mol. The van der Waals surface area contributed by atoms with E-state index in [1.165, 1.54) is 32.1 Å². The second-order valence-electron chi connectivity index (χ2n) is 16.4. The van der Waals surface area contributed by atoms with Crippen molar-refractivity contribution in [2.24, 2.45) is 29.6 Å². The Morgan fingerprint density at radius 2 is 1.13 bits per heavy atom. The van der Waals surface area contributed by atoms with Gasteiger partial charge in [0.05, 0.1) is 25.0 Å². The van der Waals surface area contributed by atoms with Crippen LogP contribution in [-0.4, -0.2) is 44.7 Å². The average Bonchev–Trinajstić information content (AvgIpc) is 3.54. The Bertz CT molecular complexity index is 2530. The van der Waals surface area contributed by atoms with Gasteiger partial charge in [0, 0.05) is 0 Å². The molecular formula is C47H39F4O9S-. The van der Waals surface area contributed by atoms with Gasteiger partial charge in [0.1, 0.15) is 26.5 Å². The van der Waals surface area contributed by atoms with Gasteiger partial charge in [-0.1, -0.05) is 72.8 Å². The van der Waals surface area contributed by atoms with Crippen LogP contribution in [0.1, 0.15) is 60.8 Å². The molecule has 0 aliphatic heterocycles. The molecule has 5 aromatic rings. The second kappa shape index (κ2) is 15.9. The Morgan fingerprint density at radius 3 is 1.64 bits per heavy atom. The summed E-state index contributed by atoms with van der Waals surface area (Å²) in [5.41, 5.74) is 4.95. The van der Waals surface area contributed by atoms with E-state index in [0.29, 0.717) is 30.1 Å². The fourth-order valence-corrected chi connectivity index (χ4v) is 11.3. The van der Waals surface area contributed by atoms with Crippen molar-refractivity contribution in [1.82, 2.24) is 0 Å². The molecule has 0 N–H and O–H groups in total. The number of carbonyl (C=O) groups excluding carboxylic acids is 2. The van der Waals surface area contributed by atoms with E-state index in [9.17, 15) is 40.1 Å². The third kappa shape index (κ3) is 7.33. The monoisotopic (exact) mass is 855 g/mol. The van der Waals surface area contributed by atoms with Gasteiger partial charge in [-0.15, -0.1) is 0 Å². The fraction of sp³-hybridized carbons (Fsp3) is 0.319. The molecule has 0 aromatic heterocycles. The maximum atomic E-state index is 14.4. The lowest BCUT2D eigenvalue weighted by molar-refractivity contribution is -0.150. The number of benzene rings is 5. The molecule has 0 radical (unpaired) electrons. The van der Waals surface area contributed by atoms with Crippen molar-refractivity contribution in [3.8, 4) is 28.4 Å². The third-order valence-electron chi connectivity index (χ3n) is 13.0. The van der Waals surface area contributed by atoms with E-state index in [1.807, 2.05) is 48.5 Å². The number of fused-ring (bicyclic) bond motifs is 3. The molecule has 61 heavy (non-hydrogen) atoms. The zero-order chi connectivity index (χ0) is 42.6. The van der Waals surface area contributed by atoms with Crippen LogP contribution in [0.25, 0.3) is 11.1 Å². The predicted octanol–water partition coefficient (Wildman–Crippen LogP) is 8.88. The second-order valence-corrected chi connectivity index (χ2v) is 17.7.